The summed E-state index contributed by atoms with van der Waals surface area (Å²) < 4.78 is 0. The van der Waals surface area contributed by atoms with Crippen LogP contribution in [0.4, 0.5) is 0 Å². The predicted octanol–water partition coefficient (Wildman–Crippen LogP) is 3.32. The van der Waals surface area contributed by atoms with Crippen molar-refractivity contribution >= 4 is 0 Å². The van der Waals surface area contributed by atoms with Crippen molar-refractivity contribution < 1.29 is 0 Å². The zero-order valence-corrected chi connectivity index (χ0v) is 11.2. The molecule has 1 unspecified atom stereocenters. The number of rotatable bonds is 6. The second-order valence-corrected chi connectivity index (χ2v) is 4.48. The maximum atomic E-state index is 3.57. The smallest absolute Gasteiger partial charge is 0.0246 e. The van der Waals surface area contributed by atoms with Crippen LogP contribution in [0.5, 0.6) is 0 Å². The molecule has 0 amide bonds. The van der Waals surface area contributed by atoms with Crippen LogP contribution in [0.25, 0.3) is 0 Å². The minimum absolute atomic E-state index is 0.476. The van der Waals surface area contributed by atoms with Crippen LogP contribution in [0.1, 0.15) is 37.8 Å². The van der Waals surface area contributed by atoms with Crippen LogP contribution in [0.3, 0.4) is 0 Å². The molecule has 17 heavy (non-hydrogen) atoms. The molecular weight excluding hydrogens is 206 g/mol. The minimum Gasteiger partial charge on any atom is -0.313 e. The third-order valence-electron chi connectivity index (χ3n) is 2.77. The van der Waals surface area contributed by atoms with Gasteiger partial charge in [-0.3, -0.25) is 0 Å². The topological polar surface area (TPSA) is 12.0 Å². The molecule has 1 aromatic rings. The Bertz CT molecular complexity index is 384. The molecule has 0 radical (unpaired) electrons. The Balaban J connectivity index is 2.59. The van der Waals surface area contributed by atoms with Gasteiger partial charge in [-0.1, -0.05) is 36.8 Å². The molecule has 92 valence electrons. The Hall–Kier alpha value is -1.26. The van der Waals surface area contributed by atoms with Crippen LogP contribution < -0.4 is 5.32 Å². The Morgan fingerprint density at radius 1 is 1.35 bits per heavy atom. The molecule has 0 bridgehead atoms. The summed E-state index contributed by atoms with van der Waals surface area (Å²) in [7, 11) is 0. The lowest BCUT2D eigenvalue weighted by molar-refractivity contribution is 0.517. The van der Waals surface area contributed by atoms with Crippen LogP contribution in [0, 0.1) is 18.8 Å². The van der Waals surface area contributed by atoms with E-state index in [1.54, 1.807) is 0 Å². The molecule has 0 saturated heterocycles. The second-order valence-electron chi connectivity index (χ2n) is 4.48. The number of benzene rings is 1. The van der Waals surface area contributed by atoms with E-state index in [-0.39, 0.29) is 0 Å². The van der Waals surface area contributed by atoms with Gasteiger partial charge in [0, 0.05) is 12.5 Å². The van der Waals surface area contributed by atoms with Crippen molar-refractivity contribution in [2.45, 2.75) is 46.1 Å². The third-order valence-corrected chi connectivity index (χ3v) is 2.77. The van der Waals surface area contributed by atoms with Crippen LogP contribution in [0.15, 0.2) is 24.3 Å². The lowest BCUT2D eigenvalue weighted by Gasteiger charge is -2.16. The lowest BCUT2D eigenvalue weighted by Crippen LogP contribution is -2.31. The molecule has 1 aromatic carbocycles. The van der Waals surface area contributed by atoms with E-state index >= 15 is 0 Å². The van der Waals surface area contributed by atoms with Gasteiger partial charge in [0.2, 0.25) is 0 Å². The van der Waals surface area contributed by atoms with Gasteiger partial charge >= 0.3 is 0 Å². The monoisotopic (exact) mass is 229 g/mol. The summed E-state index contributed by atoms with van der Waals surface area (Å²) in [6.07, 6.45) is 3.17. The number of hydrogen-bond acceptors (Lipinski definition) is 1. The van der Waals surface area contributed by atoms with Gasteiger partial charge in [-0.2, -0.15) is 0 Å². The highest BCUT2D eigenvalue weighted by molar-refractivity contribution is 5.23. The molecule has 0 aromatic heterocycles. The van der Waals surface area contributed by atoms with E-state index < -0.39 is 0 Å². The molecule has 0 heterocycles. The maximum Gasteiger partial charge on any atom is 0.0246 e. The van der Waals surface area contributed by atoms with Gasteiger partial charge in [0.15, 0.2) is 0 Å². The van der Waals surface area contributed by atoms with Crippen LogP contribution in [-0.4, -0.2) is 12.6 Å². The molecule has 0 aliphatic rings. The minimum atomic E-state index is 0.476. The van der Waals surface area contributed by atoms with Crippen LogP contribution >= 0.6 is 0 Å². The Kier molecular flexibility index (Phi) is 6.43. The van der Waals surface area contributed by atoms with Gasteiger partial charge in [0.05, 0.1) is 0 Å². The molecule has 0 fully saturated rings. The summed E-state index contributed by atoms with van der Waals surface area (Å²) in [4.78, 5) is 0. The van der Waals surface area contributed by atoms with Crippen LogP contribution in [0.2, 0.25) is 0 Å². The van der Waals surface area contributed by atoms with Gasteiger partial charge in [0.25, 0.3) is 0 Å². The third kappa shape index (κ3) is 5.56. The van der Waals surface area contributed by atoms with Crippen molar-refractivity contribution in [3.8, 4) is 11.8 Å². The van der Waals surface area contributed by atoms with Crippen molar-refractivity contribution in [3.05, 3.63) is 35.4 Å². The molecule has 1 N–H and O–H groups in total. The van der Waals surface area contributed by atoms with E-state index in [2.05, 4.69) is 55.3 Å². The van der Waals surface area contributed by atoms with Gasteiger partial charge < -0.3 is 5.32 Å². The van der Waals surface area contributed by atoms with Crippen molar-refractivity contribution in [2.75, 3.05) is 6.54 Å². The lowest BCUT2D eigenvalue weighted by atomic mass is 10.0. The SMILES string of the molecule is CC#CCC(Cc1cccc(C)c1)NCCC. The number of nitrogens with one attached hydrogen (secondary N) is 1. The highest BCUT2D eigenvalue weighted by Gasteiger charge is 2.07. The molecule has 1 nitrogen and oxygen atoms in total. The van der Waals surface area contributed by atoms with Gasteiger partial charge in [-0.25, -0.2) is 0 Å². The number of aryl methyl sites for hydroxylation is 1. The standard InChI is InChI=1S/C16H23N/c1-4-6-10-16(17-11-5-2)13-15-9-7-8-14(3)12-15/h7-9,12,16-17H,5,10-11,13H2,1-3H3. The van der Waals surface area contributed by atoms with E-state index in [1.807, 2.05) is 6.92 Å². The van der Waals surface area contributed by atoms with Gasteiger partial charge in [-0.05, 0) is 38.8 Å². The van der Waals surface area contributed by atoms with E-state index in [4.69, 9.17) is 0 Å². The summed E-state index contributed by atoms with van der Waals surface area (Å²) in [6.45, 7) is 7.32. The highest BCUT2D eigenvalue weighted by atomic mass is 14.9. The Morgan fingerprint density at radius 3 is 2.82 bits per heavy atom. The largest absolute Gasteiger partial charge is 0.313 e. The quantitative estimate of drug-likeness (QED) is 0.738. The van der Waals surface area contributed by atoms with E-state index in [0.29, 0.717) is 6.04 Å². The number of hydrogen-bond donors (Lipinski definition) is 1. The summed E-state index contributed by atoms with van der Waals surface area (Å²) in [6, 6.07) is 9.22. The molecule has 0 aliphatic heterocycles. The fourth-order valence-corrected chi connectivity index (χ4v) is 1.91. The van der Waals surface area contributed by atoms with E-state index in [9.17, 15) is 0 Å². The zero-order valence-electron chi connectivity index (χ0n) is 11.2. The first-order valence-corrected chi connectivity index (χ1v) is 6.44. The first kappa shape index (κ1) is 13.8. The molecule has 1 atom stereocenters. The Labute approximate surface area is 106 Å². The van der Waals surface area contributed by atoms with Crippen molar-refractivity contribution in [3.63, 3.8) is 0 Å². The first-order valence-electron chi connectivity index (χ1n) is 6.44. The van der Waals surface area contributed by atoms with Gasteiger partial charge in [-0.15, -0.1) is 11.8 Å². The molecule has 0 saturated carbocycles. The summed E-state index contributed by atoms with van der Waals surface area (Å²) in [5.74, 6) is 6.16. The maximum absolute atomic E-state index is 3.57. The molecular formula is C16H23N. The average molecular weight is 229 g/mol. The van der Waals surface area contributed by atoms with Gasteiger partial charge in [0.1, 0.15) is 0 Å². The zero-order chi connectivity index (χ0) is 12.5. The summed E-state index contributed by atoms with van der Waals surface area (Å²) in [5, 5.41) is 3.57. The predicted molar refractivity (Wildman–Crippen MR) is 75.0 cm³/mol. The summed E-state index contributed by atoms with van der Waals surface area (Å²) >= 11 is 0. The van der Waals surface area contributed by atoms with Crippen molar-refractivity contribution in [2.24, 2.45) is 0 Å². The second kappa shape index (κ2) is 7.92. The molecule has 0 aliphatic carbocycles. The highest BCUT2D eigenvalue weighted by Crippen LogP contribution is 2.08. The normalized spacial score (nSPS) is 11.7. The molecule has 1 heteroatoms. The molecule has 0 spiro atoms. The van der Waals surface area contributed by atoms with E-state index in [0.717, 1.165) is 19.4 Å². The van der Waals surface area contributed by atoms with Crippen LogP contribution in [-0.2, 0) is 6.42 Å². The van der Waals surface area contributed by atoms with Crippen molar-refractivity contribution in [1.82, 2.24) is 5.32 Å². The average Bonchev–Trinajstić information content (AvgIpc) is 2.32. The first-order chi connectivity index (χ1) is 8.26. The van der Waals surface area contributed by atoms with E-state index in [1.165, 1.54) is 17.5 Å². The molecule has 1 rings (SSSR count). The Morgan fingerprint density at radius 2 is 2.18 bits per heavy atom. The fraction of sp³-hybridized carbons (Fsp3) is 0.500. The fourth-order valence-electron chi connectivity index (χ4n) is 1.91. The summed E-state index contributed by atoms with van der Waals surface area (Å²) in [5.41, 5.74) is 2.73. The van der Waals surface area contributed by atoms with Crippen molar-refractivity contribution in [1.29, 1.82) is 0 Å².